The number of nitrogens with one attached hydrogen (secondary N) is 2. The number of amides is 1. The minimum atomic E-state index is -0.304. The van der Waals surface area contributed by atoms with Crippen molar-refractivity contribution in [3.05, 3.63) is 70.3 Å². The van der Waals surface area contributed by atoms with Crippen molar-refractivity contribution in [2.24, 2.45) is 0 Å². The highest BCUT2D eigenvalue weighted by Gasteiger charge is 2.11. The molecule has 138 valence electrons. The number of anilines is 4. The number of carbonyl (C=O) groups is 1. The van der Waals surface area contributed by atoms with E-state index < -0.39 is 0 Å². The predicted molar refractivity (Wildman–Crippen MR) is 110 cm³/mol. The van der Waals surface area contributed by atoms with Crippen LogP contribution in [0.2, 0.25) is 10.0 Å². The molecule has 8 heteroatoms. The van der Waals surface area contributed by atoms with Crippen molar-refractivity contribution >= 4 is 52.0 Å². The van der Waals surface area contributed by atoms with Gasteiger partial charge in [-0.3, -0.25) is 4.79 Å². The van der Waals surface area contributed by atoms with Crippen LogP contribution in [0.25, 0.3) is 0 Å². The van der Waals surface area contributed by atoms with E-state index in [9.17, 15) is 4.79 Å². The zero-order chi connectivity index (χ0) is 19.4. The number of aromatic nitrogens is 2. The number of halogens is 2. The number of rotatable bonds is 5. The lowest BCUT2D eigenvalue weighted by Crippen LogP contribution is -2.12. The molecule has 1 amide bonds. The van der Waals surface area contributed by atoms with E-state index >= 15 is 0 Å². The molecule has 0 aliphatic carbocycles. The van der Waals surface area contributed by atoms with E-state index in [1.165, 1.54) is 6.07 Å². The molecule has 1 aromatic heterocycles. The van der Waals surface area contributed by atoms with Gasteiger partial charge in [0.15, 0.2) is 5.82 Å². The van der Waals surface area contributed by atoms with Crippen LogP contribution in [0.4, 0.5) is 22.9 Å². The van der Waals surface area contributed by atoms with Gasteiger partial charge in [0.1, 0.15) is 0 Å². The Labute approximate surface area is 167 Å². The Balaban J connectivity index is 1.68. The van der Waals surface area contributed by atoms with Crippen molar-refractivity contribution in [3.8, 4) is 0 Å². The van der Waals surface area contributed by atoms with Crippen LogP contribution in [0.1, 0.15) is 10.4 Å². The van der Waals surface area contributed by atoms with Crippen molar-refractivity contribution in [2.75, 3.05) is 29.6 Å². The second kappa shape index (κ2) is 8.24. The first kappa shape index (κ1) is 18.9. The van der Waals surface area contributed by atoms with E-state index in [1.807, 2.05) is 37.2 Å². The highest BCUT2D eigenvalue weighted by molar-refractivity contribution is 6.37. The zero-order valence-electron chi connectivity index (χ0n) is 14.7. The summed E-state index contributed by atoms with van der Waals surface area (Å²) in [5.41, 5.74) is 2.77. The molecule has 0 unspecified atom stereocenters. The second-order valence-electron chi connectivity index (χ2n) is 5.97. The lowest BCUT2D eigenvalue weighted by atomic mass is 10.2. The van der Waals surface area contributed by atoms with Crippen LogP contribution in [0.15, 0.2) is 54.7 Å². The maximum Gasteiger partial charge on any atom is 0.257 e. The summed E-state index contributed by atoms with van der Waals surface area (Å²) in [6.45, 7) is 0. The highest BCUT2D eigenvalue weighted by Crippen LogP contribution is 2.23. The van der Waals surface area contributed by atoms with Crippen molar-refractivity contribution in [1.82, 2.24) is 10.2 Å². The van der Waals surface area contributed by atoms with Gasteiger partial charge in [0.2, 0.25) is 0 Å². The molecule has 1 heterocycles. The fourth-order valence-corrected chi connectivity index (χ4v) is 2.81. The molecule has 0 spiro atoms. The minimum absolute atomic E-state index is 0.303. The Kier molecular flexibility index (Phi) is 5.78. The summed E-state index contributed by atoms with van der Waals surface area (Å²) in [4.78, 5) is 14.3. The Morgan fingerprint density at radius 3 is 2.37 bits per heavy atom. The molecule has 0 atom stereocenters. The highest BCUT2D eigenvalue weighted by atomic mass is 35.5. The Morgan fingerprint density at radius 2 is 1.70 bits per heavy atom. The molecule has 2 aromatic carbocycles. The van der Waals surface area contributed by atoms with E-state index in [0.717, 1.165) is 11.4 Å². The standard InChI is InChI=1S/C19H17Cl2N5O/c1-26(2)15-10-18(25-22-11-15)23-13-4-6-14(7-5-13)24-19(27)16-8-3-12(20)9-17(16)21/h3-11H,1-2H3,(H,23,25)(H,24,27). The van der Waals surface area contributed by atoms with E-state index in [-0.39, 0.29) is 5.91 Å². The number of nitrogens with zero attached hydrogens (tertiary/aromatic N) is 3. The van der Waals surface area contributed by atoms with Crippen LogP contribution in [0.5, 0.6) is 0 Å². The van der Waals surface area contributed by atoms with Crippen molar-refractivity contribution in [2.45, 2.75) is 0 Å². The van der Waals surface area contributed by atoms with E-state index in [2.05, 4.69) is 20.8 Å². The summed E-state index contributed by atoms with van der Waals surface area (Å²) >= 11 is 11.9. The SMILES string of the molecule is CN(C)c1cnnc(Nc2ccc(NC(=O)c3ccc(Cl)cc3Cl)cc2)c1. The zero-order valence-corrected chi connectivity index (χ0v) is 16.2. The third kappa shape index (κ3) is 4.87. The monoisotopic (exact) mass is 401 g/mol. The van der Waals surface area contributed by atoms with Crippen LogP contribution in [-0.4, -0.2) is 30.2 Å². The molecule has 0 saturated heterocycles. The molecule has 0 saturated carbocycles. The molecule has 0 aliphatic rings. The van der Waals surface area contributed by atoms with Crippen molar-refractivity contribution in [1.29, 1.82) is 0 Å². The molecule has 27 heavy (non-hydrogen) atoms. The van der Waals surface area contributed by atoms with Crippen molar-refractivity contribution < 1.29 is 4.79 Å². The van der Waals surface area contributed by atoms with Gasteiger partial charge in [0, 0.05) is 36.6 Å². The first-order valence-electron chi connectivity index (χ1n) is 8.06. The van der Waals surface area contributed by atoms with Gasteiger partial charge in [-0.15, -0.1) is 5.10 Å². The first-order chi connectivity index (χ1) is 12.9. The molecule has 2 N–H and O–H groups in total. The Morgan fingerprint density at radius 1 is 1.00 bits per heavy atom. The average Bonchev–Trinajstić information content (AvgIpc) is 2.63. The van der Waals surface area contributed by atoms with Crippen LogP contribution in [0.3, 0.4) is 0 Å². The summed E-state index contributed by atoms with van der Waals surface area (Å²) in [6, 6.07) is 13.9. The normalized spacial score (nSPS) is 10.4. The molecule has 0 fully saturated rings. The maximum atomic E-state index is 12.3. The number of benzene rings is 2. The molecule has 3 aromatic rings. The summed E-state index contributed by atoms with van der Waals surface area (Å²) < 4.78 is 0. The largest absolute Gasteiger partial charge is 0.376 e. The predicted octanol–water partition coefficient (Wildman–Crippen LogP) is 4.85. The molecule has 6 nitrogen and oxygen atoms in total. The van der Waals surface area contributed by atoms with Gasteiger partial charge in [-0.25, -0.2) is 0 Å². The topological polar surface area (TPSA) is 70.2 Å². The molecule has 0 bridgehead atoms. The van der Waals surface area contributed by atoms with Gasteiger partial charge >= 0.3 is 0 Å². The summed E-state index contributed by atoms with van der Waals surface area (Å²) in [5, 5.41) is 14.8. The minimum Gasteiger partial charge on any atom is -0.376 e. The van der Waals surface area contributed by atoms with Gasteiger partial charge in [-0.2, -0.15) is 5.10 Å². The average molecular weight is 402 g/mol. The summed E-state index contributed by atoms with van der Waals surface area (Å²) in [6.07, 6.45) is 1.69. The van der Waals surface area contributed by atoms with E-state index in [0.29, 0.717) is 27.1 Å². The number of hydrogen-bond donors (Lipinski definition) is 2. The van der Waals surface area contributed by atoms with Crippen LogP contribution in [-0.2, 0) is 0 Å². The summed E-state index contributed by atoms with van der Waals surface area (Å²) in [5.74, 6) is 0.327. The lowest BCUT2D eigenvalue weighted by molar-refractivity contribution is 0.102. The van der Waals surface area contributed by atoms with Gasteiger partial charge < -0.3 is 15.5 Å². The first-order valence-corrected chi connectivity index (χ1v) is 8.81. The van der Waals surface area contributed by atoms with Crippen LogP contribution >= 0.6 is 23.2 Å². The fourth-order valence-electron chi connectivity index (χ4n) is 2.32. The second-order valence-corrected chi connectivity index (χ2v) is 6.82. The van der Waals surface area contributed by atoms with Gasteiger partial charge in [-0.05, 0) is 42.5 Å². The quantitative estimate of drug-likeness (QED) is 0.639. The van der Waals surface area contributed by atoms with Gasteiger partial charge in [-0.1, -0.05) is 23.2 Å². The molecular formula is C19H17Cl2N5O. The smallest absolute Gasteiger partial charge is 0.257 e. The molecule has 0 aliphatic heterocycles. The van der Waals surface area contributed by atoms with Gasteiger partial charge in [0.25, 0.3) is 5.91 Å². The Hall–Kier alpha value is -2.83. The van der Waals surface area contributed by atoms with Crippen LogP contribution in [0, 0.1) is 0 Å². The number of carbonyl (C=O) groups excluding carboxylic acids is 1. The summed E-state index contributed by atoms with van der Waals surface area (Å²) in [7, 11) is 3.87. The fraction of sp³-hybridized carbons (Fsp3) is 0.105. The van der Waals surface area contributed by atoms with Crippen molar-refractivity contribution in [3.63, 3.8) is 0 Å². The molecule has 3 rings (SSSR count). The van der Waals surface area contributed by atoms with Crippen LogP contribution < -0.4 is 15.5 Å². The third-order valence-electron chi connectivity index (χ3n) is 3.75. The van der Waals surface area contributed by atoms with Gasteiger partial charge in [0.05, 0.1) is 22.5 Å². The van der Waals surface area contributed by atoms with E-state index in [1.54, 1.807) is 30.5 Å². The molecule has 0 radical (unpaired) electrons. The molecular weight excluding hydrogens is 385 g/mol. The number of hydrogen-bond acceptors (Lipinski definition) is 5. The van der Waals surface area contributed by atoms with E-state index in [4.69, 9.17) is 23.2 Å². The maximum absolute atomic E-state index is 12.3. The lowest BCUT2D eigenvalue weighted by Gasteiger charge is -2.13. The Bertz CT molecular complexity index is 961. The third-order valence-corrected chi connectivity index (χ3v) is 4.30.